The van der Waals surface area contributed by atoms with Gasteiger partial charge in [-0.1, -0.05) is 36.4 Å². The second kappa shape index (κ2) is 16.2. The molecule has 0 saturated heterocycles. The van der Waals surface area contributed by atoms with Crippen LogP contribution in [-0.4, -0.2) is 69.9 Å². The maximum Gasteiger partial charge on any atom is 0.324 e. The van der Waals surface area contributed by atoms with Crippen molar-refractivity contribution in [1.82, 2.24) is 9.47 Å². The summed E-state index contributed by atoms with van der Waals surface area (Å²) in [5, 5.41) is 83.2. The highest BCUT2D eigenvalue weighted by Gasteiger charge is 2.31. The Morgan fingerprint density at radius 2 is 0.863 bits per heavy atom. The zero-order valence-corrected chi connectivity index (χ0v) is 26.4. The van der Waals surface area contributed by atoms with Gasteiger partial charge in [-0.05, 0) is 39.2 Å². The van der Waals surface area contributed by atoms with Crippen molar-refractivity contribution in [3.8, 4) is 11.5 Å². The lowest BCUT2D eigenvalue weighted by Gasteiger charge is -2.11. The molecule has 4 aromatic carbocycles. The monoisotopic (exact) mass is 710 g/mol. The Morgan fingerprint density at radius 1 is 0.549 bits per heavy atom. The van der Waals surface area contributed by atoms with Crippen LogP contribution in [0.5, 0.6) is 11.5 Å². The Morgan fingerprint density at radius 3 is 1.14 bits per heavy atom. The second-order valence-electron chi connectivity index (χ2n) is 10.6. The van der Waals surface area contributed by atoms with Gasteiger partial charge in [0.2, 0.25) is 0 Å². The summed E-state index contributed by atoms with van der Waals surface area (Å²) in [5.74, 6) is -2.42. The van der Waals surface area contributed by atoms with Gasteiger partial charge in [0.05, 0.1) is 53.8 Å². The predicted octanol–water partition coefficient (Wildman–Crippen LogP) is 5.98. The van der Waals surface area contributed by atoms with Crippen LogP contribution in [0.1, 0.15) is 6.42 Å². The van der Waals surface area contributed by atoms with E-state index < -0.39 is 75.2 Å². The number of phenols is 2. The number of nitrogens with zero attached hydrogens (tertiary/aromatic N) is 8. The van der Waals surface area contributed by atoms with Crippen molar-refractivity contribution in [3.63, 3.8) is 0 Å². The number of aromatic hydroxyl groups is 2. The van der Waals surface area contributed by atoms with E-state index >= 15 is 0 Å². The van der Waals surface area contributed by atoms with E-state index in [1.165, 1.54) is 28.2 Å². The molecule has 0 amide bonds. The molecule has 2 N–H and O–H groups in total. The number of aromatic nitrogens is 1. The number of phenolic OH excluding ortho intramolecular Hbond substituents is 2. The maximum absolute atomic E-state index is 10.4. The molecule has 1 aromatic heterocycles. The molecule has 0 radical (unpaired) electrons. The van der Waals surface area contributed by atoms with Gasteiger partial charge in [0.1, 0.15) is 0 Å². The van der Waals surface area contributed by atoms with Crippen LogP contribution in [0.25, 0.3) is 21.8 Å². The van der Waals surface area contributed by atoms with Gasteiger partial charge in [-0.3, -0.25) is 60.7 Å². The molecule has 0 saturated carbocycles. The SMILES string of the molecule is CN(C)CCCn1c2ccccc2c2ccccc21.O=[N+]([O-])c1cc([N+](=O)[O-])c(O)c([N+](=O)[O-])c1.O=[N+]([O-])c1cc([N+](=O)[O-])c(O)c([N+](=O)[O-])c1. The summed E-state index contributed by atoms with van der Waals surface area (Å²) in [6.07, 6.45) is 1.18. The fourth-order valence-electron chi connectivity index (χ4n) is 4.74. The molecule has 5 rings (SSSR count). The summed E-state index contributed by atoms with van der Waals surface area (Å²) in [6.45, 7) is 2.20. The fourth-order valence-corrected chi connectivity index (χ4v) is 4.74. The number of para-hydroxylation sites is 2. The van der Waals surface area contributed by atoms with Crippen molar-refractivity contribution in [2.24, 2.45) is 0 Å². The van der Waals surface area contributed by atoms with Crippen molar-refractivity contribution in [2.75, 3.05) is 20.6 Å². The lowest BCUT2D eigenvalue weighted by atomic mass is 10.2. The zero-order chi connectivity index (χ0) is 38.2. The Kier molecular flexibility index (Phi) is 12.1. The van der Waals surface area contributed by atoms with E-state index in [0.717, 1.165) is 13.1 Å². The van der Waals surface area contributed by atoms with Crippen LogP contribution >= 0.6 is 0 Å². The van der Waals surface area contributed by atoms with Gasteiger partial charge in [0.25, 0.3) is 22.9 Å². The number of hydrogen-bond acceptors (Lipinski definition) is 15. The van der Waals surface area contributed by atoms with Crippen molar-refractivity contribution in [2.45, 2.75) is 13.0 Å². The van der Waals surface area contributed by atoms with Crippen LogP contribution in [0, 0.1) is 60.7 Å². The standard InChI is InChI=1S/C17H20N2.2C6H3N3O7/c1-18(2)12-7-13-19-16-10-5-3-8-14(16)15-9-4-6-11-17(15)19;2*10-6-4(8(13)14)1-3(7(11)12)2-5(6)9(15)16/h3-6,8-11H,7,12-13H2,1-2H3;2*1-2,10H. The van der Waals surface area contributed by atoms with E-state index in [4.69, 9.17) is 10.2 Å². The highest BCUT2D eigenvalue weighted by atomic mass is 16.7. The van der Waals surface area contributed by atoms with Gasteiger partial charge in [-0.15, -0.1) is 0 Å². The number of fused-ring (bicyclic) bond motifs is 3. The van der Waals surface area contributed by atoms with Crippen molar-refractivity contribution in [1.29, 1.82) is 0 Å². The van der Waals surface area contributed by atoms with Crippen LogP contribution in [-0.2, 0) is 6.54 Å². The van der Waals surface area contributed by atoms with E-state index in [9.17, 15) is 60.7 Å². The number of rotatable bonds is 10. The first-order valence-electron chi connectivity index (χ1n) is 14.2. The average Bonchev–Trinajstić information content (AvgIpc) is 3.38. The lowest BCUT2D eigenvalue weighted by molar-refractivity contribution is -0.404. The smallest absolute Gasteiger partial charge is 0.324 e. The number of hydrogen-bond donors (Lipinski definition) is 2. The topological polar surface area (TPSA) is 307 Å². The Hall–Kier alpha value is -7.36. The Labute approximate surface area is 283 Å². The molecule has 0 atom stereocenters. The number of nitro benzene ring substituents is 6. The Bertz CT molecular complexity index is 1970. The molecule has 0 bridgehead atoms. The summed E-state index contributed by atoms with van der Waals surface area (Å²) in [7, 11) is 4.26. The van der Waals surface area contributed by atoms with Crippen LogP contribution in [0.2, 0.25) is 0 Å². The molecule has 266 valence electrons. The van der Waals surface area contributed by atoms with E-state index in [2.05, 4.69) is 72.1 Å². The molecule has 22 heteroatoms. The molecule has 0 spiro atoms. The normalized spacial score (nSPS) is 10.5. The first-order valence-corrected chi connectivity index (χ1v) is 14.2. The zero-order valence-electron chi connectivity index (χ0n) is 26.4. The van der Waals surface area contributed by atoms with Crippen LogP contribution in [0.4, 0.5) is 34.1 Å². The highest BCUT2D eigenvalue weighted by molar-refractivity contribution is 6.07. The minimum atomic E-state index is -1.21. The highest BCUT2D eigenvalue weighted by Crippen LogP contribution is 2.40. The number of aryl methyl sites for hydroxylation is 1. The van der Waals surface area contributed by atoms with Crippen molar-refractivity contribution < 1.29 is 39.8 Å². The van der Waals surface area contributed by atoms with Gasteiger partial charge in [-0.2, -0.15) is 0 Å². The molecule has 0 aliphatic carbocycles. The van der Waals surface area contributed by atoms with E-state index in [1.807, 2.05) is 0 Å². The van der Waals surface area contributed by atoms with Gasteiger partial charge in [-0.25, -0.2) is 0 Å². The molecule has 0 unspecified atom stereocenters. The first-order chi connectivity index (χ1) is 24.0. The Balaban J connectivity index is 0.000000208. The fraction of sp³-hybridized carbons (Fsp3) is 0.172. The quantitative estimate of drug-likeness (QED) is 0.124. The molecule has 0 aliphatic rings. The third-order valence-electron chi connectivity index (χ3n) is 6.98. The van der Waals surface area contributed by atoms with Gasteiger partial charge in [0, 0.05) is 28.4 Å². The number of benzene rings is 4. The molecule has 51 heavy (non-hydrogen) atoms. The molecule has 0 fully saturated rings. The predicted molar refractivity (Wildman–Crippen MR) is 179 cm³/mol. The van der Waals surface area contributed by atoms with E-state index in [0.29, 0.717) is 24.3 Å². The summed E-state index contributed by atoms with van der Waals surface area (Å²) in [5.41, 5.74) is -3.30. The lowest BCUT2D eigenvalue weighted by Crippen LogP contribution is -2.15. The average molecular weight is 711 g/mol. The van der Waals surface area contributed by atoms with E-state index in [-0.39, 0.29) is 0 Å². The summed E-state index contributed by atoms with van der Waals surface area (Å²) in [4.78, 5) is 57.8. The van der Waals surface area contributed by atoms with Crippen LogP contribution < -0.4 is 0 Å². The molecular weight excluding hydrogens is 684 g/mol. The number of nitro groups is 6. The van der Waals surface area contributed by atoms with Gasteiger partial charge >= 0.3 is 22.7 Å². The minimum Gasteiger partial charge on any atom is -0.497 e. The minimum absolute atomic E-state index is 0.447. The molecular formula is C29H26N8O14. The number of non-ortho nitro benzene ring substituents is 2. The van der Waals surface area contributed by atoms with Crippen LogP contribution in [0.15, 0.2) is 72.8 Å². The van der Waals surface area contributed by atoms with Crippen LogP contribution in [0.3, 0.4) is 0 Å². The summed E-state index contributed by atoms with van der Waals surface area (Å²) in [6, 6.07) is 19.2. The van der Waals surface area contributed by atoms with Crippen molar-refractivity contribution >= 4 is 55.9 Å². The molecule has 0 aliphatic heterocycles. The second-order valence-corrected chi connectivity index (χ2v) is 10.6. The van der Waals surface area contributed by atoms with Gasteiger partial charge < -0.3 is 19.7 Å². The summed E-state index contributed by atoms with van der Waals surface area (Å²) < 4.78 is 2.45. The van der Waals surface area contributed by atoms with Crippen molar-refractivity contribution in [3.05, 3.63) is 133 Å². The maximum atomic E-state index is 10.4. The first kappa shape index (κ1) is 38.1. The third-order valence-corrected chi connectivity index (χ3v) is 6.98. The molecule has 22 nitrogen and oxygen atoms in total. The molecule has 5 aromatic rings. The largest absolute Gasteiger partial charge is 0.497 e. The third kappa shape index (κ3) is 8.96. The van der Waals surface area contributed by atoms with Gasteiger partial charge in [0.15, 0.2) is 0 Å². The summed E-state index contributed by atoms with van der Waals surface area (Å²) >= 11 is 0. The molecule has 1 heterocycles. The van der Waals surface area contributed by atoms with E-state index in [1.54, 1.807) is 0 Å².